The second kappa shape index (κ2) is 7.56. The Bertz CT molecular complexity index is 1300. The molecule has 0 bridgehead atoms. The normalized spacial score (nSPS) is 18.8. The average molecular weight is 478 g/mol. The van der Waals surface area contributed by atoms with Crippen molar-refractivity contribution in [2.24, 2.45) is 5.41 Å². The third kappa shape index (κ3) is 3.78. The number of amides is 1. The molecule has 0 radical (unpaired) electrons. The van der Waals surface area contributed by atoms with Crippen molar-refractivity contribution in [2.45, 2.75) is 30.8 Å². The fourth-order valence-corrected chi connectivity index (χ4v) is 5.96. The second-order valence-electron chi connectivity index (χ2n) is 8.82. The van der Waals surface area contributed by atoms with Gasteiger partial charge in [-0.2, -0.15) is 17.5 Å². The first-order valence-electron chi connectivity index (χ1n) is 10.4. The van der Waals surface area contributed by atoms with E-state index in [-0.39, 0.29) is 30.3 Å². The number of hydrogen-bond acceptors (Lipinski definition) is 4. The summed E-state index contributed by atoms with van der Waals surface area (Å²) in [4.78, 5) is 16.7. The van der Waals surface area contributed by atoms with E-state index in [1.165, 1.54) is 6.20 Å². The molecule has 174 valence electrons. The number of nitrogens with zero attached hydrogens (tertiary/aromatic N) is 3. The predicted molar refractivity (Wildman–Crippen MR) is 114 cm³/mol. The SMILES string of the molecule is O=C(NCc1ccc(C2CC3(C2)CN(S(=O)(=O)C(F)(F)F)C3)cc1)c1cnc2ccccn12. The number of sulfonamides is 1. The highest BCUT2D eigenvalue weighted by Crippen LogP contribution is 2.57. The Morgan fingerprint density at radius 3 is 2.48 bits per heavy atom. The molecule has 33 heavy (non-hydrogen) atoms. The number of pyridine rings is 1. The van der Waals surface area contributed by atoms with Crippen molar-refractivity contribution in [3.05, 3.63) is 71.7 Å². The van der Waals surface area contributed by atoms with Crippen molar-refractivity contribution in [3.8, 4) is 0 Å². The number of rotatable bonds is 5. The van der Waals surface area contributed by atoms with Crippen LogP contribution in [0.15, 0.2) is 54.9 Å². The number of nitrogens with one attached hydrogen (secondary N) is 1. The molecule has 1 saturated heterocycles. The molecule has 2 aliphatic rings. The molecule has 11 heteroatoms. The van der Waals surface area contributed by atoms with Crippen LogP contribution in [0.4, 0.5) is 13.2 Å². The highest BCUT2D eigenvalue weighted by atomic mass is 32.2. The molecule has 2 fully saturated rings. The summed E-state index contributed by atoms with van der Waals surface area (Å²) in [5.74, 6) is -0.0374. The van der Waals surface area contributed by atoms with Crippen molar-refractivity contribution in [1.82, 2.24) is 19.0 Å². The van der Waals surface area contributed by atoms with E-state index in [0.29, 0.717) is 35.0 Å². The summed E-state index contributed by atoms with van der Waals surface area (Å²) in [6.07, 6.45) is 4.64. The molecular weight excluding hydrogens is 457 g/mol. The first-order chi connectivity index (χ1) is 15.6. The van der Waals surface area contributed by atoms with E-state index < -0.39 is 15.5 Å². The third-order valence-corrected chi connectivity index (χ3v) is 8.09. The van der Waals surface area contributed by atoms with Crippen molar-refractivity contribution in [3.63, 3.8) is 0 Å². The first-order valence-corrected chi connectivity index (χ1v) is 11.9. The van der Waals surface area contributed by atoms with Crippen LogP contribution in [0.2, 0.25) is 0 Å². The molecule has 0 atom stereocenters. The zero-order valence-corrected chi connectivity index (χ0v) is 18.2. The Labute approximate surface area is 188 Å². The maximum Gasteiger partial charge on any atom is 0.511 e. The number of imidazole rings is 1. The molecule has 0 unspecified atom stereocenters. The average Bonchev–Trinajstić information content (AvgIpc) is 3.14. The molecule has 1 aliphatic carbocycles. The fourth-order valence-electron chi connectivity index (χ4n) is 4.78. The summed E-state index contributed by atoms with van der Waals surface area (Å²) < 4.78 is 63.2. The van der Waals surface area contributed by atoms with Gasteiger partial charge in [0.05, 0.1) is 6.20 Å². The van der Waals surface area contributed by atoms with Gasteiger partial charge in [0.25, 0.3) is 5.91 Å². The van der Waals surface area contributed by atoms with Gasteiger partial charge in [-0.05, 0) is 47.4 Å². The van der Waals surface area contributed by atoms with E-state index in [0.717, 1.165) is 11.1 Å². The molecule has 1 saturated carbocycles. The number of halogens is 3. The van der Waals surface area contributed by atoms with Crippen LogP contribution in [0.1, 0.15) is 40.4 Å². The highest BCUT2D eigenvalue weighted by molar-refractivity contribution is 7.90. The zero-order chi connectivity index (χ0) is 23.4. The summed E-state index contributed by atoms with van der Waals surface area (Å²) >= 11 is 0. The van der Waals surface area contributed by atoms with Crippen molar-refractivity contribution < 1.29 is 26.4 Å². The Kier molecular flexibility index (Phi) is 5.02. The third-order valence-electron chi connectivity index (χ3n) is 6.57. The van der Waals surface area contributed by atoms with Gasteiger partial charge >= 0.3 is 15.5 Å². The summed E-state index contributed by atoms with van der Waals surface area (Å²) in [5.41, 5.74) is -2.46. The topological polar surface area (TPSA) is 83.8 Å². The maximum atomic E-state index is 12.7. The molecule has 5 rings (SSSR count). The van der Waals surface area contributed by atoms with E-state index in [2.05, 4.69) is 10.3 Å². The highest BCUT2D eigenvalue weighted by Gasteiger charge is 2.61. The zero-order valence-electron chi connectivity index (χ0n) is 17.4. The Balaban J connectivity index is 1.14. The van der Waals surface area contributed by atoms with Crippen LogP contribution in [-0.4, -0.2) is 46.6 Å². The molecule has 3 heterocycles. The molecule has 7 nitrogen and oxygen atoms in total. The lowest BCUT2D eigenvalue weighted by Gasteiger charge is -2.58. The van der Waals surface area contributed by atoms with Crippen LogP contribution in [0.3, 0.4) is 0 Å². The van der Waals surface area contributed by atoms with Gasteiger partial charge in [0.15, 0.2) is 0 Å². The minimum absolute atomic E-state index is 0.0707. The number of carbonyl (C=O) groups is 1. The van der Waals surface area contributed by atoms with Gasteiger partial charge in [0.1, 0.15) is 11.3 Å². The van der Waals surface area contributed by atoms with Crippen LogP contribution in [0, 0.1) is 5.41 Å². The summed E-state index contributed by atoms with van der Waals surface area (Å²) in [6.45, 7) is 0.204. The van der Waals surface area contributed by atoms with Crippen LogP contribution in [0.25, 0.3) is 5.65 Å². The van der Waals surface area contributed by atoms with E-state index in [4.69, 9.17) is 0 Å². The maximum absolute atomic E-state index is 12.7. The molecule has 1 N–H and O–H groups in total. The van der Waals surface area contributed by atoms with E-state index in [1.54, 1.807) is 10.6 Å². The van der Waals surface area contributed by atoms with E-state index in [1.807, 2.05) is 42.5 Å². The first kappa shape index (κ1) is 21.9. The monoisotopic (exact) mass is 478 g/mol. The number of fused-ring (bicyclic) bond motifs is 1. The van der Waals surface area contributed by atoms with Crippen LogP contribution in [0.5, 0.6) is 0 Å². The molecule has 1 aromatic carbocycles. The van der Waals surface area contributed by atoms with Crippen molar-refractivity contribution in [1.29, 1.82) is 0 Å². The van der Waals surface area contributed by atoms with E-state index in [9.17, 15) is 26.4 Å². The van der Waals surface area contributed by atoms with Crippen LogP contribution < -0.4 is 5.32 Å². The number of carbonyl (C=O) groups excluding carboxylic acids is 1. The van der Waals surface area contributed by atoms with Crippen LogP contribution in [-0.2, 0) is 16.6 Å². The van der Waals surface area contributed by atoms with Gasteiger partial charge in [-0.25, -0.2) is 13.4 Å². The lowest BCUT2D eigenvalue weighted by atomic mass is 9.57. The molecular formula is C22H21F3N4O3S. The number of alkyl halides is 3. The van der Waals surface area contributed by atoms with Gasteiger partial charge in [-0.1, -0.05) is 30.3 Å². The molecule has 1 aliphatic heterocycles. The fraction of sp³-hybridized carbons (Fsp3) is 0.364. The molecule has 2 aromatic heterocycles. The minimum atomic E-state index is -5.24. The predicted octanol–water partition coefficient (Wildman–Crippen LogP) is 3.29. The van der Waals surface area contributed by atoms with Gasteiger partial charge < -0.3 is 5.32 Å². The number of benzene rings is 1. The van der Waals surface area contributed by atoms with Gasteiger partial charge in [-0.15, -0.1) is 0 Å². The Morgan fingerprint density at radius 2 is 1.82 bits per heavy atom. The van der Waals surface area contributed by atoms with Gasteiger partial charge in [0.2, 0.25) is 0 Å². The van der Waals surface area contributed by atoms with Crippen molar-refractivity contribution >= 4 is 21.6 Å². The smallest absolute Gasteiger partial charge is 0.347 e. The lowest BCUT2D eigenvalue weighted by Crippen LogP contribution is -2.64. The Morgan fingerprint density at radius 1 is 1.12 bits per heavy atom. The molecule has 1 spiro atoms. The van der Waals surface area contributed by atoms with Crippen LogP contribution >= 0.6 is 0 Å². The number of hydrogen-bond donors (Lipinski definition) is 1. The summed E-state index contributed by atoms with van der Waals surface area (Å²) in [5, 5.41) is 2.88. The van der Waals surface area contributed by atoms with Gasteiger partial charge in [0, 0.05) is 25.8 Å². The lowest BCUT2D eigenvalue weighted by molar-refractivity contribution is -0.0705. The van der Waals surface area contributed by atoms with Crippen molar-refractivity contribution in [2.75, 3.05) is 13.1 Å². The molecule has 3 aromatic rings. The van der Waals surface area contributed by atoms with Gasteiger partial charge in [-0.3, -0.25) is 9.20 Å². The van der Waals surface area contributed by atoms with E-state index >= 15 is 0 Å². The summed E-state index contributed by atoms with van der Waals surface area (Å²) in [7, 11) is -5.22. The number of aromatic nitrogens is 2. The largest absolute Gasteiger partial charge is 0.511 e. The second-order valence-corrected chi connectivity index (χ2v) is 10.7. The standard InChI is InChI=1S/C22H21F3N4O3S/c23-22(24,25)33(31,32)28-13-21(14-28)9-17(10-21)16-6-4-15(5-7-16)11-27-20(30)18-12-26-19-3-1-2-8-29(18)19/h1-8,12,17H,9-11,13-14H2,(H,27,30). The molecule has 1 amide bonds. The Hall–Kier alpha value is -2.92. The summed E-state index contributed by atoms with van der Waals surface area (Å²) in [6, 6.07) is 13.2. The minimum Gasteiger partial charge on any atom is -0.347 e. The quantitative estimate of drug-likeness (QED) is 0.610.